The summed E-state index contributed by atoms with van der Waals surface area (Å²) in [4.78, 5) is 21.7. The topological polar surface area (TPSA) is 69.4 Å². The molecule has 0 saturated carbocycles. The van der Waals surface area contributed by atoms with E-state index in [0.29, 0.717) is 0 Å². The zero-order valence-corrected chi connectivity index (χ0v) is 11.3. The van der Waals surface area contributed by atoms with Crippen LogP contribution >= 0.6 is 11.6 Å². The van der Waals surface area contributed by atoms with E-state index in [9.17, 15) is 19.3 Å². The van der Waals surface area contributed by atoms with Gasteiger partial charge in [-0.15, -0.1) is 0 Å². The molecule has 0 spiro atoms. The number of esters is 1. The van der Waals surface area contributed by atoms with Crippen molar-refractivity contribution in [3.8, 4) is 0 Å². The van der Waals surface area contributed by atoms with E-state index in [1.54, 1.807) is 0 Å². The average molecular weight is 310 g/mol. The SMILES string of the molecule is O=C(OCc1c(F)cccc1Cl)c1ccc([N+](=O)[O-])cc1. The lowest BCUT2D eigenvalue weighted by atomic mass is 10.2. The second kappa shape index (κ2) is 6.32. The lowest BCUT2D eigenvalue weighted by Crippen LogP contribution is -2.06. The summed E-state index contributed by atoms with van der Waals surface area (Å²) in [6, 6.07) is 9.05. The van der Waals surface area contributed by atoms with Gasteiger partial charge in [0.15, 0.2) is 0 Å². The molecule has 7 heteroatoms. The molecule has 0 amide bonds. The quantitative estimate of drug-likeness (QED) is 0.490. The lowest BCUT2D eigenvalue weighted by molar-refractivity contribution is -0.384. The number of benzene rings is 2. The maximum absolute atomic E-state index is 13.5. The predicted octanol–water partition coefficient (Wildman–Crippen LogP) is 3.74. The Bertz CT molecular complexity index is 668. The normalized spacial score (nSPS) is 10.2. The van der Waals surface area contributed by atoms with Crippen molar-refractivity contribution in [3.63, 3.8) is 0 Å². The minimum absolute atomic E-state index is 0.0782. The van der Waals surface area contributed by atoms with Crippen LogP contribution in [0.25, 0.3) is 0 Å². The van der Waals surface area contributed by atoms with Crippen molar-refractivity contribution in [2.75, 3.05) is 0 Å². The maximum atomic E-state index is 13.5. The summed E-state index contributed by atoms with van der Waals surface area (Å²) in [5.74, 6) is -1.29. The second-order valence-electron chi connectivity index (χ2n) is 4.08. The molecule has 2 rings (SSSR count). The Morgan fingerprint density at radius 1 is 1.24 bits per heavy atom. The standard InChI is InChI=1S/C14H9ClFNO4/c15-12-2-1-3-13(16)11(12)8-21-14(18)9-4-6-10(7-5-9)17(19)20/h1-7H,8H2. The number of halogens is 2. The summed E-state index contributed by atoms with van der Waals surface area (Å²) in [6.45, 7) is -0.318. The monoisotopic (exact) mass is 309 g/mol. The molecule has 0 aliphatic heterocycles. The molecule has 21 heavy (non-hydrogen) atoms. The van der Waals surface area contributed by atoms with Gasteiger partial charge in [0.2, 0.25) is 0 Å². The van der Waals surface area contributed by atoms with Crippen molar-refractivity contribution in [2.45, 2.75) is 6.61 Å². The molecule has 0 heterocycles. The number of non-ortho nitro benzene ring substituents is 1. The predicted molar refractivity (Wildman–Crippen MR) is 73.6 cm³/mol. The number of hydrogen-bond acceptors (Lipinski definition) is 4. The molecule has 0 N–H and O–H groups in total. The van der Waals surface area contributed by atoms with Crippen LogP contribution in [0.5, 0.6) is 0 Å². The number of nitro groups is 1. The largest absolute Gasteiger partial charge is 0.457 e. The Kier molecular flexibility index (Phi) is 4.49. The summed E-state index contributed by atoms with van der Waals surface area (Å²) in [5.41, 5.74) is 0.0752. The highest BCUT2D eigenvalue weighted by Crippen LogP contribution is 2.20. The molecule has 108 valence electrons. The van der Waals surface area contributed by atoms with E-state index in [-0.39, 0.29) is 28.4 Å². The van der Waals surface area contributed by atoms with Gasteiger partial charge >= 0.3 is 5.97 Å². The third kappa shape index (κ3) is 3.55. The van der Waals surface area contributed by atoms with Gasteiger partial charge in [-0.05, 0) is 24.3 Å². The van der Waals surface area contributed by atoms with Crippen molar-refractivity contribution < 1.29 is 18.8 Å². The van der Waals surface area contributed by atoms with E-state index in [4.69, 9.17) is 16.3 Å². The van der Waals surface area contributed by atoms with Gasteiger partial charge in [-0.25, -0.2) is 9.18 Å². The summed E-state index contributed by atoms with van der Waals surface area (Å²) >= 11 is 5.81. The first kappa shape index (κ1) is 14.9. The summed E-state index contributed by atoms with van der Waals surface area (Å²) in [7, 11) is 0. The van der Waals surface area contributed by atoms with Gasteiger partial charge in [-0.1, -0.05) is 17.7 Å². The van der Waals surface area contributed by atoms with Gasteiger partial charge in [0.05, 0.1) is 15.5 Å². The van der Waals surface area contributed by atoms with E-state index < -0.39 is 16.7 Å². The number of rotatable bonds is 4. The van der Waals surface area contributed by atoms with Gasteiger partial charge in [-0.2, -0.15) is 0 Å². The molecule has 0 atom stereocenters. The zero-order valence-electron chi connectivity index (χ0n) is 10.6. The highest BCUT2D eigenvalue weighted by molar-refractivity contribution is 6.31. The van der Waals surface area contributed by atoms with Crippen LogP contribution in [-0.2, 0) is 11.3 Å². The van der Waals surface area contributed by atoms with E-state index in [1.165, 1.54) is 42.5 Å². The molecule has 0 unspecified atom stereocenters. The first-order valence-corrected chi connectivity index (χ1v) is 6.21. The van der Waals surface area contributed by atoms with Crippen LogP contribution in [-0.4, -0.2) is 10.9 Å². The molecule has 0 saturated heterocycles. The highest BCUT2D eigenvalue weighted by Gasteiger charge is 2.13. The summed E-state index contributed by atoms with van der Waals surface area (Å²) < 4.78 is 18.4. The molecule has 5 nitrogen and oxygen atoms in total. The molecule has 0 radical (unpaired) electrons. The first-order valence-electron chi connectivity index (χ1n) is 5.83. The van der Waals surface area contributed by atoms with Gasteiger partial charge in [0.25, 0.3) is 5.69 Å². The Morgan fingerprint density at radius 2 is 1.90 bits per heavy atom. The minimum Gasteiger partial charge on any atom is -0.457 e. The van der Waals surface area contributed by atoms with Crippen molar-refractivity contribution in [2.24, 2.45) is 0 Å². The fourth-order valence-electron chi connectivity index (χ4n) is 1.61. The average Bonchev–Trinajstić information content (AvgIpc) is 2.46. The summed E-state index contributed by atoms with van der Waals surface area (Å²) in [5, 5.41) is 10.7. The fraction of sp³-hybridized carbons (Fsp3) is 0.0714. The Balaban J connectivity index is 2.06. The lowest BCUT2D eigenvalue weighted by Gasteiger charge is -2.07. The van der Waals surface area contributed by atoms with Crippen LogP contribution < -0.4 is 0 Å². The van der Waals surface area contributed by atoms with E-state index >= 15 is 0 Å². The fourth-order valence-corrected chi connectivity index (χ4v) is 1.83. The van der Waals surface area contributed by atoms with Crippen molar-refractivity contribution in [1.82, 2.24) is 0 Å². The minimum atomic E-state index is -0.718. The van der Waals surface area contributed by atoms with Crippen LogP contribution in [0.15, 0.2) is 42.5 Å². The maximum Gasteiger partial charge on any atom is 0.338 e. The number of nitrogens with zero attached hydrogens (tertiary/aromatic N) is 1. The summed E-state index contributed by atoms with van der Waals surface area (Å²) in [6.07, 6.45) is 0. The van der Waals surface area contributed by atoms with E-state index in [0.717, 1.165) is 0 Å². The zero-order chi connectivity index (χ0) is 15.4. The Morgan fingerprint density at radius 3 is 2.48 bits per heavy atom. The van der Waals surface area contributed by atoms with Crippen molar-refractivity contribution >= 4 is 23.3 Å². The van der Waals surface area contributed by atoms with Crippen molar-refractivity contribution in [3.05, 3.63) is 74.5 Å². The highest BCUT2D eigenvalue weighted by atomic mass is 35.5. The molecule has 2 aromatic carbocycles. The van der Waals surface area contributed by atoms with Crippen molar-refractivity contribution in [1.29, 1.82) is 0 Å². The van der Waals surface area contributed by atoms with Crippen LogP contribution in [0.3, 0.4) is 0 Å². The number of ether oxygens (including phenoxy) is 1. The van der Waals surface area contributed by atoms with Crippen LogP contribution in [0, 0.1) is 15.9 Å². The second-order valence-corrected chi connectivity index (χ2v) is 4.49. The molecular formula is C14H9ClFNO4. The Hall–Kier alpha value is -2.47. The number of carbonyl (C=O) groups is 1. The third-order valence-corrected chi connectivity index (χ3v) is 3.08. The van der Waals surface area contributed by atoms with Gasteiger partial charge in [0.1, 0.15) is 12.4 Å². The first-order chi connectivity index (χ1) is 9.99. The molecule has 0 aromatic heterocycles. The van der Waals surface area contributed by atoms with Gasteiger partial charge < -0.3 is 4.74 Å². The Labute approximate surface area is 124 Å². The molecular weight excluding hydrogens is 301 g/mol. The molecule has 0 aliphatic carbocycles. The smallest absolute Gasteiger partial charge is 0.338 e. The van der Waals surface area contributed by atoms with E-state index in [1.807, 2.05) is 0 Å². The van der Waals surface area contributed by atoms with Gasteiger partial charge in [-0.3, -0.25) is 10.1 Å². The van der Waals surface area contributed by atoms with E-state index in [2.05, 4.69) is 0 Å². The number of carbonyl (C=O) groups excluding carboxylic acids is 1. The number of nitro benzene ring substituents is 1. The molecule has 0 fully saturated rings. The molecule has 0 bridgehead atoms. The number of hydrogen-bond donors (Lipinski definition) is 0. The van der Waals surface area contributed by atoms with Crippen LogP contribution in [0.1, 0.15) is 15.9 Å². The van der Waals surface area contributed by atoms with Gasteiger partial charge in [0, 0.05) is 17.7 Å². The third-order valence-electron chi connectivity index (χ3n) is 2.72. The van der Waals surface area contributed by atoms with Crippen LogP contribution in [0.4, 0.5) is 10.1 Å². The molecule has 2 aromatic rings. The molecule has 0 aliphatic rings. The van der Waals surface area contributed by atoms with Crippen LogP contribution in [0.2, 0.25) is 5.02 Å².